The van der Waals surface area contributed by atoms with Gasteiger partial charge in [-0.05, 0) is 101 Å². The van der Waals surface area contributed by atoms with Gasteiger partial charge in [0.2, 0.25) is 5.91 Å². The van der Waals surface area contributed by atoms with Gasteiger partial charge in [0.25, 0.3) is 5.91 Å². The molecule has 46 heavy (non-hydrogen) atoms. The van der Waals surface area contributed by atoms with Crippen LogP contribution >= 0.6 is 11.6 Å². The number of nitrogens with zero attached hydrogens (tertiary/aromatic N) is 1. The molecular formula is C37H48ClN3O5. The van der Waals surface area contributed by atoms with Gasteiger partial charge in [-0.3, -0.25) is 9.59 Å². The highest BCUT2D eigenvalue weighted by Gasteiger charge is 2.39. The summed E-state index contributed by atoms with van der Waals surface area (Å²) in [5.74, 6) is -0.480. The maximum atomic E-state index is 14.9. The number of para-hydroxylation sites is 1. The number of amides is 3. The number of phenolic OH excluding ortho intramolecular Hbond substituents is 1. The molecule has 0 spiro atoms. The maximum Gasteiger partial charge on any atom is 0.408 e. The van der Waals surface area contributed by atoms with Crippen LogP contribution in [0.1, 0.15) is 82.7 Å². The van der Waals surface area contributed by atoms with E-state index in [2.05, 4.69) is 24.5 Å². The number of nitrogens with one attached hydrogen (secondary N) is 2. The molecule has 0 fully saturated rings. The van der Waals surface area contributed by atoms with E-state index in [9.17, 15) is 19.5 Å². The Bertz CT molecular complexity index is 1480. The highest BCUT2D eigenvalue weighted by molar-refractivity contribution is 6.34. The fourth-order valence-electron chi connectivity index (χ4n) is 5.26. The molecular weight excluding hydrogens is 602 g/mol. The Hall–Kier alpha value is -4.04. The summed E-state index contributed by atoms with van der Waals surface area (Å²) in [5, 5.41) is 16.5. The molecule has 0 aliphatic carbocycles. The molecule has 3 rings (SSSR count). The van der Waals surface area contributed by atoms with Crippen molar-refractivity contribution in [1.29, 1.82) is 0 Å². The van der Waals surface area contributed by atoms with Crippen LogP contribution < -0.4 is 10.6 Å². The average Bonchev–Trinajstić information content (AvgIpc) is 2.97. The second-order valence-corrected chi connectivity index (χ2v) is 13.7. The lowest BCUT2D eigenvalue weighted by molar-refractivity contribution is -0.143. The lowest BCUT2D eigenvalue weighted by Crippen LogP contribution is -2.55. The summed E-state index contributed by atoms with van der Waals surface area (Å²) < 4.78 is 5.56. The highest BCUT2D eigenvalue weighted by Crippen LogP contribution is 2.33. The van der Waals surface area contributed by atoms with Crippen molar-refractivity contribution in [2.45, 2.75) is 98.4 Å². The molecule has 0 radical (unpaired) electrons. The fourth-order valence-corrected chi connectivity index (χ4v) is 5.53. The minimum atomic E-state index is -1.12. The number of aryl methyl sites for hydroxylation is 2. The molecule has 3 aromatic rings. The molecule has 9 heteroatoms. The Labute approximate surface area is 278 Å². The SMILES string of the molecule is Cc1cc(C(C(=O)Nc2c(C)cccc2Cl)N(C(=O)C(Cc2ccccc2)NC(=O)OC(C)(C)C)C(C)CCC(C)C)ccc1O. The Morgan fingerprint density at radius 1 is 0.913 bits per heavy atom. The van der Waals surface area contributed by atoms with E-state index in [1.165, 1.54) is 6.07 Å². The van der Waals surface area contributed by atoms with Gasteiger partial charge in [0.05, 0.1) is 10.7 Å². The molecule has 0 aliphatic rings. The van der Waals surface area contributed by atoms with Gasteiger partial charge in [-0.2, -0.15) is 0 Å². The van der Waals surface area contributed by atoms with Gasteiger partial charge in [0, 0.05) is 12.5 Å². The maximum absolute atomic E-state index is 14.9. The number of carbonyl (C=O) groups excluding carboxylic acids is 3. The number of ether oxygens (including phenoxy) is 1. The first-order valence-electron chi connectivity index (χ1n) is 15.8. The van der Waals surface area contributed by atoms with Crippen molar-refractivity contribution in [3.05, 3.63) is 94.0 Å². The summed E-state index contributed by atoms with van der Waals surface area (Å²) in [6, 6.07) is 17.0. The molecule has 248 valence electrons. The largest absolute Gasteiger partial charge is 0.508 e. The smallest absolute Gasteiger partial charge is 0.408 e. The van der Waals surface area contributed by atoms with Crippen molar-refractivity contribution in [1.82, 2.24) is 10.2 Å². The topological polar surface area (TPSA) is 108 Å². The zero-order chi connectivity index (χ0) is 34.2. The molecule has 8 nitrogen and oxygen atoms in total. The summed E-state index contributed by atoms with van der Waals surface area (Å²) in [7, 11) is 0. The van der Waals surface area contributed by atoms with Crippen LogP contribution in [0.2, 0.25) is 5.02 Å². The third kappa shape index (κ3) is 10.2. The third-order valence-electron chi connectivity index (χ3n) is 7.70. The van der Waals surface area contributed by atoms with Crippen LogP contribution in [0.5, 0.6) is 5.75 Å². The average molecular weight is 650 g/mol. The number of benzene rings is 3. The molecule has 3 amide bonds. The number of carbonyl (C=O) groups is 3. The van der Waals surface area contributed by atoms with Gasteiger partial charge >= 0.3 is 6.09 Å². The van der Waals surface area contributed by atoms with E-state index >= 15 is 0 Å². The normalized spacial score (nSPS) is 13.4. The second kappa shape index (κ2) is 16.0. The summed E-state index contributed by atoms with van der Waals surface area (Å²) in [6.45, 7) is 15.0. The van der Waals surface area contributed by atoms with Crippen LogP contribution in [0.4, 0.5) is 10.5 Å². The molecule has 0 heterocycles. The number of anilines is 1. The van der Waals surface area contributed by atoms with Crippen LogP contribution in [0.25, 0.3) is 0 Å². The molecule has 0 saturated carbocycles. The Balaban J connectivity index is 2.19. The van der Waals surface area contributed by atoms with E-state index < -0.39 is 41.6 Å². The van der Waals surface area contributed by atoms with Crippen molar-refractivity contribution in [2.75, 3.05) is 5.32 Å². The van der Waals surface area contributed by atoms with Crippen molar-refractivity contribution in [2.24, 2.45) is 5.92 Å². The number of hydrogen-bond acceptors (Lipinski definition) is 5. The first kappa shape index (κ1) is 36.4. The lowest BCUT2D eigenvalue weighted by Gasteiger charge is -2.39. The van der Waals surface area contributed by atoms with Gasteiger partial charge in [-0.25, -0.2) is 4.79 Å². The summed E-state index contributed by atoms with van der Waals surface area (Å²) in [4.78, 5) is 44.0. The summed E-state index contributed by atoms with van der Waals surface area (Å²) >= 11 is 6.52. The van der Waals surface area contributed by atoms with Gasteiger partial charge < -0.3 is 25.4 Å². The van der Waals surface area contributed by atoms with Crippen molar-refractivity contribution >= 4 is 35.2 Å². The van der Waals surface area contributed by atoms with Gasteiger partial charge in [-0.15, -0.1) is 0 Å². The standard InChI is InChI=1S/C37H48ClN3O5/c1-23(2)17-18-26(5)41(35(44)30(22-27-14-10-9-11-15-27)39-36(45)46-37(6,7)8)33(28-19-20-31(42)25(4)21-28)34(43)40-32-24(3)13-12-16-29(32)38/h9-16,19-21,23,26,30,33,42H,17-18,22H2,1-8H3,(H,39,45)(H,40,43). The molecule has 3 aromatic carbocycles. The molecule has 0 aromatic heterocycles. The summed E-state index contributed by atoms with van der Waals surface area (Å²) in [6.07, 6.45) is 0.865. The zero-order valence-electron chi connectivity index (χ0n) is 28.2. The van der Waals surface area contributed by atoms with Gasteiger partial charge in [0.15, 0.2) is 0 Å². The minimum Gasteiger partial charge on any atom is -0.508 e. The predicted octanol–water partition coefficient (Wildman–Crippen LogP) is 8.13. The molecule has 0 aliphatic heterocycles. The van der Waals surface area contributed by atoms with E-state index in [1.54, 1.807) is 56.9 Å². The first-order chi connectivity index (χ1) is 21.6. The number of phenols is 1. The minimum absolute atomic E-state index is 0.0733. The summed E-state index contributed by atoms with van der Waals surface area (Å²) in [5.41, 5.74) is 2.33. The van der Waals surface area contributed by atoms with Gasteiger partial charge in [0.1, 0.15) is 23.4 Å². The number of aromatic hydroxyl groups is 1. The molecule has 0 saturated heterocycles. The Morgan fingerprint density at radius 2 is 1.59 bits per heavy atom. The third-order valence-corrected chi connectivity index (χ3v) is 8.01. The number of alkyl carbamates (subject to hydrolysis) is 1. The van der Waals surface area contributed by atoms with E-state index in [-0.39, 0.29) is 12.2 Å². The molecule has 3 unspecified atom stereocenters. The van der Waals surface area contributed by atoms with Crippen LogP contribution in [-0.2, 0) is 20.7 Å². The van der Waals surface area contributed by atoms with Crippen molar-refractivity contribution in [3.63, 3.8) is 0 Å². The monoisotopic (exact) mass is 649 g/mol. The van der Waals surface area contributed by atoms with E-state index in [4.69, 9.17) is 16.3 Å². The van der Waals surface area contributed by atoms with Crippen LogP contribution in [0.15, 0.2) is 66.7 Å². The number of halogens is 1. The Kier molecular flexibility index (Phi) is 12.7. The van der Waals surface area contributed by atoms with Crippen molar-refractivity contribution in [3.8, 4) is 5.75 Å². The van der Waals surface area contributed by atoms with Crippen LogP contribution in [-0.4, -0.2) is 45.6 Å². The molecule has 3 atom stereocenters. The van der Waals surface area contributed by atoms with Gasteiger partial charge in [-0.1, -0.05) is 74.0 Å². The molecule has 0 bridgehead atoms. The Morgan fingerprint density at radius 3 is 2.17 bits per heavy atom. The van der Waals surface area contributed by atoms with E-state index in [0.29, 0.717) is 34.2 Å². The van der Waals surface area contributed by atoms with Crippen molar-refractivity contribution < 1.29 is 24.2 Å². The number of hydrogen-bond donors (Lipinski definition) is 3. The first-order valence-corrected chi connectivity index (χ1v) is 16.2. The van der Waals surface area contributed by atoms with Crippen LogP contribution in [0, 0.1) is 19.8 Å². The predicted molar refractivity (Wildman–Crippen MR) is 184 cm³/mol. The molecule has 3 N–H and O–H groups in total. The number of rotatable bonds is 12. The van der Waals surface area contributed by atoms with E-state index in [1.807, 2.05) is 50.2 Å². The van der Waals surface area contributed by atoms with E-state index in [0.717, 1.165) is 17.5 Å². The lowest BCUT2D eigenvalue weighted by atomic mass is 9.95. The fraction of sp³-hybridized carbons (Fsp3) is 0.432. The zero-order valence-corrected chi connectivity index (χ0v) is 28.9. The second-order valence-electron chi connectivity index (χ2n) is 13.3. The highest BCUT2D eigenvalue weighted by atomic mass is 35.5. The van der Waals surface area contributed by atoms with Crippen LogP contribution in [0.3, 0.4) is 0 Å². The quantitative estimate of drug-likeness (QED) is 0.184.